The number of anilines is 1. The number of amides is 1. The average molecular weight is 226 g/mol. The van der Waals surface area contributed by atoms with Crippen LogP contribution in [-0.2, 0) is 4.79 Å². The number of rotatable bonds is 5. The molecule has 5 heteroatoms. The first kappa shape index (κ1) is 12.2. The van der Waals surface area contributed by atoms with Crippen LogP contribution in [-0.4, -0.2) is 19.0 Å². The fraction of sp³-hybridized carbons (Fsp3) is 0.182. The summed E-state index contributed by atoms with van der Waals surface area (Å²) in [4.78, 5) is 11.1. The van der Waals surface area contributed by atoms with Gasteiger partial charge in [-0.15, -0.1) is 6.58 Å². The van der Waals surface area contributed by atoms with E-state index in [0.717, 1.165) is 12.1 Å². The molecule has 2 N–H and O–H groups in total. The van der Waals surface area contributed by atoms with E-state index in [1.165, 1.54) is 6.07 Å². The van der Waals surface area contributed by atoms with E-state index in [-0.39, 0.29) is 12.5 Å². The van der Waals surface area contributed by atoms with Crippen molar-refractivity contribution in [3.05, 3.63) is 42.5 Å². The summed E-state index contributed by atoms with van der Waals surface area (Å²) in [6, 6.07) is 3.36. The number of carbonyl (C=O) groups is 1. The highest BCUT2D eigenvalue weighted by molar-refractivity contribution is 5.80. The Morgan fingerprint density at radius 3 is 2.75 bits per heavy atom. The van der Waals surface area contributed by atoms with Crippen LogP contribution in [0.25, 0.3) is 0 Å². The number of hydrogen-bond donors (Lipinski definition) is 2. The first-order chi connectivity index (χ1) is 7.63. The Hall–Kier alpha value is -1.91. The molecule has 0 spiro atoms. The normalized spacial score (nSPS) is 9.62. The van der Waals surface area contributed by atoms with Crippen LogP contribution in [0.4, 0.5) is 14.5 Å². The smallest absolute Gasteiger partial charge is 0.239 e. The third-order valence-electron chi connectivity index (χ3n) is 1.82. The highest BCUT2D eigenvalue weighted by Gasteiger charge is 2.03. The molecule has 1 amide bonds. The molecule has 0 bridgehead atoms. The van der Waals surface area contributed by atoms with Crippen LogP contribution >= 0.6 is 0 Å². The molecule has 0 atom stereocenters. The van der Waals surface area contributed by atoms with Crippen LogP contribution in [0.2, 0.25) is 0 Å². The van der Waals surface area contributed by atoms with Crippen LogP contribution in [0, 0.1) is 11.6 Å². The molecular weight excluding hydrogens is 214 g/mol. The minimum Gasteiger partial charge on any atom is -0.376 e. The molecule has 1 aromatic carbocycles. The maximum Gasteiger partial charge on any atom is 0.239 e. The van der Waals surface area contributed by atoms with Gasteiger partial charge >= 0.3 is 0 Å². The van der Waals surface area contributed by atoms with Gasteiger partial charge in [0.1, 0.15) is 0 Å². The summed E-state index contributed by atoms with van der Waals surface area (Å²) in [5.74, 6) is -2.11. The third kappa shape index (κ3) is 3.68. The molecule has 0 aliphatic heterocycles. The van der Waals surface area contributed by atoms with Crippen molar-refractivity contribution in [3.63, 3.8) is 0 Å². The van der Waals surface area contributed by atoms with Gasteiger partial charge in [-0.1, -0.05) is 6.08 Å². The molecule has 1 aromatic rings. The van der Waals surface area contributed by atoms with Gasteiger partial charge in [-0.3, -0.25) is 4.79 Å². The van der Waals surface area contributed by atoms with Gasteiger partial charge in [0.05, 0.1) is 6.54 Å². The molecule has 16 heavy (non-hydrogen) atoms. The van der Waals surface area contributed by atoms with Crippen LogP contribution in [0.1, 0.15) is 0 Å². The highest BCUT2D eigenvalue weighted by Crippen LogP contribution is 2.12. The van der Waals surface area contributed by atoms with E-state index in [1.54, 1.807) is 6.08 Å². The van der Waals surface area contributed by atoms with Crippen LogP contribution < -0.4 is 10.6 Å². The van der Waals surface area contributed by atoms with E-state index in [2.05, 4.69) is 17.2 Å². The fourth-order valence-electron chi connectivity index (χ4n) is 1.04. The number of hydrogen-bond acceptors (Lipinski definition) is 2. The van der Waals surface area contributed by atoms with Crippen LogP contribution in [0.15, 0.2) is 30.9 Å². The van der Waals surface area contributed by atoms with Gasteiger partial charge in [0.25, 0.3) is 0 Å². The van der Waals surface area contributed by atoms with Gasteiger partial charge in [0.15, 0.2) is 11.6 Å². The van der Waals surface area contributed by atoms with Gasteiger partial charge in [0, 0.05) is 18.3 Å². The summed E-state index contributed by atoms with van der Waals surface area (Å²) in [5.41, 5.74) is 0.354. The maximum absolute atomic E-state index is 12.8. The Morgan fingerprint density at radius 1 is 1.38 bits per heavy atom. The Kier molecular flexibility index (Phi) is 4.44. The molecule has 86 valence electrons. The summed E-state index contributed by atoms with van der Waals surface area (Å²) < 4.78 is 25.3. The standard InChI is InChI=1S/C11H12F2N2O/c1-2-5-14-11(16)7-15-8-3-4-9(12)10(13)6-8/h2-4,6,15H,1,5,7H2,(H,14,16). The first-order valence-corrected chi connectivity index (χ1v) is 4.70. The number of halogens is 2. The maximum atomic E-state index is 12.8. The average Bonchev–Trinajstić information content (AvgIpc) is 2.28. The van der Waals surface area contributed by atoms with Gasteiger partial charge in [-0.25, -0.2) is 8.78 Å². The molecule has 1 rings (SSSR count). The lowest BCUT2D eigenvalue weighted by atomic mass is 10.3. The van der Waals surface area contributed by atoms with Gasteiger partial charge in [-0.2, -0.15) is 0 Å². The highest BCUT2D eigenvalue weighted by atomic mass is 19.2. The van der Waals surface area contributed by atoms with Crippen molar-refractivity contribution in [2.24, 2.45) is 0 Å². The molecule has 0 aliphatic rings. The van der Waals surface area contributed by atoms with Gasteiger partial charge < -0.3 is 10.6 Å². The van der Waals surface area contributed by atoms with Gasteiger partial charge in [-0.05, 0) is 12.1 Å². The van der Waals surface area contributed by atoms with Crippen molar-refractivity contribution < 1.29 is 13.6 Å². The Morgan fingerprint density at radius 2 is 2.12 bits per heavy atom. The summed E-state index contributed by atoms with van der Waals surface area (Å²) in [6.45, 7) is 3.82. The molecule has 0 radical (unpaired) electrons. The molecule has 0 unspecified atom stereocenters. The van der Waals surface area contributed by atoms with Crippen molar-refractivity contribution in [1.29, 1.82) is 0 Å². The SMILES string of the molecule is C=CCNC(=O)CNc1ccc(F)c(F)c1. The van der Waals surface area contributed by atoms with Crippen molar-refractivity contribution in [3.8, 4) is 0 Å². The van der Waals surface area contributed by atoms with E-state index in [1.807, 2.05) is 0 Å². The quantitative estimate of drug-likeness (QED) is 0.750. The topological polar surface area (TPSA) is 41.1 Å². The number of carbonyl (C=O) groups excluding carboxylic acids is 1. The predicted molar refractivity (Wildman–Crippen MR) is 58.1 cm³/mol. The zero-order valence-corrected chi connectivity index (χ0v) is 8.59. The minimum absolute atomic E-state index is 0.00108. The molecule has 0 aliphatic carbocycles. The summed E-state index contributed by atoms with van der Waals surface area (Å²) >= 11 is 0. The second-order valence-corrected chi connectivity index (χ2v) is 3.08. The van der Waals surface area contributed by atoms with Gasteiger partial charge in [0.2, 0.25) is 5.91 Å². The van der Waals surface area contributed by atoms with E-state index in [4.69, 9.17) is 0 Å². The molecule has 0 heterocycles. The molecule has 0 fully saturated rings. The molecule has 0 aromatic heterocycles. The predicted octanol–water partition coefficient (Wildman–Crippen LogP) is 1.68. The van der Waals surface area contributed by atoms with Crippen molar-refractivity contribution in [1.82, 2.24) is 5.32 Å². The molecular formula is C11H12F2N2O. The zero-order chi connectivity index (χ0) is 12.0. The Labute approximate surface area is 92.2 Å². The molecule has 3 nitrogen and oxygen atoms in total. The van der Waals surface area contributed by atoms with E-state index < -0.39 is 11.6 Å². The van der Waals surface area contributed by atoms with Crippen molar-refractivity contribution >= 4 is 11.6 Å². The minimum atomic E-state index is -0.948. The largest absolute Gasteiger partial charge is 0.376 e. The van der Waals surface area contributed by atoms with E-state index >= 15 is 0 Å². The van der Waals surface area contributed by atoms with Crippen LogP contribution in [0.5, 0.6) is 0 Å². The third-order valence-corrected chi connectivity index (χ3v) is 1.82. The van der Waals surface area contributed by atoms with Crippen LogP contribution in [0.3, 0.4) is 0 Å². The van der Waals surface area contributed by atoms with Crippen molar-refractivity contribution in [2.45, 2.75) is 0 Å². The Balaban J connectivity index is 2.45. The van der Waals surface area contributed by atoms with Crippen molar-refractivity contribution in [2.75, 3.05) is 18.4 Å². The monoisotopic (exact) mass is 226 g/mol. The summed E-state index contributed by atoms with van der Waals surface area (Å²) in [7, 11) is 0. The van der Waals surface area contributed by atoms with E-state index in [9.17, 15) is 13.6 Å². The summed E-state index contributed by atoms with van der Waals surface area (Å²) in [6.07, 6.45) is 1.55. The Bertz CT molecular complexity index is 394. The number of benzene rings is 1. The fourth-order valence-corrected chi connectivity index (χ4v) is 1.04. The summed E-state index contributed by atoms with van der Waals surface area (Å²) in [5, 5.41) is 5.21. The lowest BCUT2D eigenvalue weighted by Crippen LogP contribution is -2.29. The zero-order valence-electron chi connectivity index (χ0n) is 8.59. The van der Waals surface area contributed by atoms with E-state index in [0.29, 0.717) is 12.2 Å². The second-order valence-electron chi connectivity index (χ2n) is 3.08. The molecule has 0 saturated heterocycles. The molecule has 0 saturated carbocycles. The first-order valence-electron chi connectivity index (χ1n) is 4.70. The lowest BCUT2D eigenvalue weighted by molar-refractivity contribution is -0.119. The lowest BCUT2D eigenvalue weighted by Gasteiger charge is -2.06. The number of nitrogens with one attached hydrogen (secondary N) is 2. The second kappa shape index (κ2) is 5.85.